The van der Waals surface area contributed by atoms with Gasteiger partial charge in [-0.2, -0.15) is 0 Å². The van der Waals surface area contributed by atoms with Gasteiger partial charge in [0.2, 0.25) is 0 Å². The van der Waals surface area contributed by atoms with E-state index in [0.717, 1.165) is 0 Å². The van der Waals surface area contributed by atoms with E-state index in [1.165, 1.54) is 12.4 Å². The maximum Gasteiger partial charge on any atom is 0.273 e. The number of aromatic nitrogens is 3. The van der Waals surface area contributed by atoms with Gasteiger partial charge in [0.1, 0.15) is 5.69 Å². The number of hydrogen-bond acceptors (Lipinski definition) is 4. The monoisotopic (exact) mass is 280 g/mol. The van der Waals surface area contributed by atoms with Crippen LogP contribution < -0.4 is 5.32 Å². The van der Waals surface area contributed by atoms with E-state index in [2.05, 4.69) is 15.3 Å². The first-order valence-corrected chi connectivity index (χ1v) is 6.02. The van der Waals surface area contributed by atoms with Crippen LogP contribution in [0.2, 0.25) is 5.15 Å². The molecule has 7 heteroatoms. The third kappa shape index (κ3) is 3.30. The minimum absolute atomic E-state index is 0.158. The number of hydrogen-bond donors (Lipinski definition) is 1. The van der Waals surface area contributed by atoms with Crippen LogP contribution in [0.4, 0.5) is 5.82 Å². The average molecular weight is 281 g/mol. The van der Waals surface area contributed by atoms with Gasteiger partial charge in [-0.25, -0.2) is 9.97 Å². The van der Waals surface area contributed by atoms with E-state index >= 15 is 0 Å². The fourth-order valence-corrected chi connectivity index (χ4v) is 1.73. The van der Waals surface area contributed by atoms with Crippen LogP contribution in [0.3, 0.4) is 0 Å². The zero-order valence-electron chi connectivity index (χ0n) is 10.3. The maximum absolute atomic E-state index is 12.1. The Labute approximate surface area is 115 Å². The van der Waals surface area contributed by atoms with Crippen LogP contribution in [-0.4, -0.2) is 34.2 Å². The standard InChI is InChI=1S/C12H13ClN4O2/c1-19-8-7-17-6-2-3-9(17)12(18)16-11-10(13)14-4-5-15-11/h2-6H,7-8H2,1H3,(H,15,16,18). The number of carbonyl (C=O) groups excluding carboxylic acids is 1. The molecule has 0 saturated heterocycles. The number of methoxy groups -OCH3 is 1. The van der Waals surface area contributed by atoms with Gasteiger partial charge in [-0.3, -0.25) is 4.79 Å². The lowest BCUT2D eigenvalue weighted by atomic mass is 10.4. The van der Waals surface area contributed by atoms with Crippen molar-refractivity contribution in [2.45, 2.75) is 6.54 Å². The van der Waals surface area contributed by atoms with Gasteiger partial charge < -0.3 is 14.6 Å². The molecule has 0 saturated carbocycles. The zero-order chi connectivity index (χ0) is 13.7. The minimum Gasteiger partial charge on any atom is -0.383 e. The van der Waals surface area contributed by atoms with Gasteiger partial charge in [0.25, 0.3) is 5.91 Å². The van der Waals surface area contributed by atoms with E-state index in [1.807, 2.05) is 6.20 Å². The molecule has 0 fully saturated rings. The summed E-state index contributed by atoms with van der Waals surface area (Å²) in [6.07, 6.45) is 4.73. The van der Waals surface area contributed by atoms with Crippen molar-refractivity contribution in [3.63, 3.8) is 0 Å². The van der Waals surface area contributed by atoms with E-state index in [9.17, 15) is 4.79 Å². The first kappa shape index (κ1) is 13.5. The highest BCUT2D eigenvalue weighted by molar-refractivity contribution is 6.32. The molecule has 0 atom stereocenters. The summed E-state index contributed by atoms with van der Waals surface area (Å²) >= 11 is 5.84. The van der Waals surface area contributed by atoms with Crippen molar-refractivity contribution in [1.29, 1.82) is 0 Å². The van der Waals surface area contributed by atoms with Crippen molar-refractivity contribution in [2.75, 3.05) is 19.0 Å². The molecule has 0 unspecified atom stereocenters. The Kier molecular flexibility index (Phi) is 4.48. The highest BCUT2D eigenvalue weighted by atomic mass is 35.5. The average Bonchev–Trinajstić information content (AvgIpc) is 2.87. The fraction of sp³-hybridized carbons (Fsp3) is 0.250. The Hall–Kier alpha value is -1.92. The molecule has 0 aliphatic rings. The van der Waals surface area contributed by atoms with Gasteiger partial charge in [0.05, 0.1) is 6.61 Å². The Morgan fingerprint density at radius 3 is 3.00 bits per heavy atom. The molecule has 2 aromatic rings. The van der Waals surface area contributed by atoms with Crippen LogP contribution >= 0.6 is 11.6 Å². The number of rotatable bonds is 5. The SMILES string of the molecule is COCCn1cccc1C(=O)Nc1nccnc1Cl. The predicted octanol–water partition coefficient (Wildman–Crippen LogP) is 1.83. The van der Waals surface area contributed by atoms with E-state index in [4.69, 9.17) is 16.3 Å². The summed E-state index contributed by atoms with van der Waals surface area (Å²) in [5, 5.41) is 2.78. The second kappa shape index (κ2) is 6.31. The minimum atomic E-state index is -0.288. The fourth-order valence-electron chi connectivity index (χ4n) is 1.58. The third-order valence-corrected chi connectivity index (χ3v) is 2.76. The predicted molar refractivity (Wildman–Crippen MR) is 71.3 cm³/mol. The molecule has 19 heavy (non-hydrogen) atoms. The highest BCUT2D eigenvalue weighted by Gasteiger charge is 2.13. The zero-order valence-corrected chi connectivity index (χ0v) is 11.1. The molecule has 2 heterocycles. The summed E-state index contributed by atoms with van der Waals surface area (Å²) in [6, 6.07) is 3.51. The van der Waals surface area contributed by atoms with Gasteiger partial charge in [-0.15, -0.1) is 0 Å². The molecular formula is C12H13ClN4O2. The largest absolute Gasteiger partial charge is 0.383 e. The maximum atomic E-state index is 12.1. The number of nitrogens with one attached hydrogen (secondary N) is 1. The van der Waals surface area contributed by atoms with E-state index < -0.39 is 0 Å². The molecule has 0 bridgehead atoms. The van der Waals surface area contributed by atoms with E-state index in [0.29, 0.717) is 18.8 Å². The summed E-state index contributed by atoms with van der Waals surface area (Å²) < 4.78 is 6.79. The number of carbonyl (C=O) groups is 1. The van der Waals surface area contributed by atoms with Crippen LogP contribution in [0, 0.1) is 0 Å². The van der Waals surface area contributed by atoms with Crippen LogP contribution in [0.25, 0.3) is 0 Å². The molecule has 1 amide bonds. The normalized spacial score (nSPS) is 10.4. The molecule has 0 aliphatic carbocycles. The molecule has 6 nitrogen and oxygen atoms in total. The molecule has 0 radical (unpaired) electrons. The van der Waals surface area contributed by atoms with Crippen molar-refractivity contribution in [1.82, 2.24) is 14.5 Å². The molecule has 0 spiro atoms. The third-order valence-electron chi connectivity index (χ3n) is 2.48. The Balaban J connectivity index is 2.12. The molecule has 100 valence electrons. The number of ether oxygens (including phenoxy) is 1. The quantitative estimate of drug-likeness (QED) is 0.907. The molecule has 1 N–H and O–H groups in total. The second-order valence-electron chi connectivity index (χ2n) is 3.73. The summed E-state index contributed by atoms with van der Waals surface area (Å²) in [5.74, 6) is -0.0443. The summed E-state index contributed by atoms with van der Waals surface area (Å²) in [5.41, 5.74) is 0.513. The molecule has 0 aromatic carbocycles. The van der Waals surface area contributed by atoms with Crippen LogP contribution in [0.5, 0.6) is 0 Å². The number of halogens is 1. The Bertz CT molecular complexity index is 570. The van der Waals surface area contributed by atoms with Crippen molar-refractivity contribution >= 4 is 23.3 Å². The lowest BCUT2D eigenvalue weighted by Gasteiger charge is -2.09. The highest BCUT2D eigenvalue weighted by Crippen LogP contribution is 2.15. The first-order chi connectivity index (χ1) is 9.22. The van der Waals surface area contributed by atoms with Gasteiger partial charge in [0, 0.05) is 32.2 Å². The van der Waals surface area contributed by atoms with Crippen molar-refractivity contribution < 1.29 is 9.53 Å². The van der Waals surface area contributed by atoms with Gasteiger partial charge in [-0.05, 0) is 12.1 Å². The van der Waals surface area contributed by atoms with Crippen molar-refractivity contribution in [3.05, 3.63) is 41.6 Å². The first-order valence-electron chi connectivity index (χ1n) is 5.64. The van der Waals surface area contributed by atoms with E-state index in [1.54, 1.807) is 23.8 Å². The van der Waals surface area contributed by atoms with E-state index in [-0.39, 0.29) is 16.9 Å². The summed E-state index contributed by atoms with van der Waals surface area (Å²) in [4.78, 5) is 19.9. The van der Waals surface area contributed by atoms with Gasteiger partial charge >= 0.3 is 0 Å². The topological polar surface area (TPSA) is 69.0 Å². The smallest absolute Gasteiger partial charge is 0.273 e. The molecule has 0 aliphatic heterocycles. The lowest BCUT2D eigenvalue weighted by molar-refractivity contribution is 0.101. The van der Waals surface area contributed by atoms with Gasteiger partial charge in [0.15, 0.2) is 11.0 Å². The number of amides is 1. The number of anilines is 1. The van der Waals surface area contributed by atoms with Gasteiger partial charge in [-0.1, -0.05) is 11.6 Å². The van der Waals surface area contributed by atoms with Crippen LogP contribution in [0.1, 0.15) is 10.5 Å². The summed E-state index contributed by atoms with van der Waals surface area (Å²) in [6.45, 7) is 1.13. The Morgan fingerprint density at radius 2 is 2.26 bits per heavy atom. The molecule has 2 rings (SSSR count). The van der Waals surface area contributed by atoms with Crippen LogP contribution in [-0.2, 0) is 11.3 Å². The molecule has 2 aromatic heterocycles. The van der Waals surface area contributed by atoms with Crippen molar-refractivity contribution in [2.24, 2.45) is 0 Å². The molecular weight excluding hydrogens is 268 g/mol. The van der Waals surface area contributed by atoms with Crippen molar-refractivity contribution in [3.8, 4) is 0 Å². The Morgan fingerprint density at radius 1 is 1.47 bits per heavy atom. The second-order valence-corrected chi connectivity index (χ2v) is 4.09. The van der Waals surface area contributed by atoms with Crippen LogP contribution in [0.15, 0.2) is 30.7 Å². The summed E-state index contributed by atoms with van der Waals surface area (Å²) in [7, 11) is 1.61. The number of nitrogens with zero attached hydrogens (tertiary/aromatic N) is 3. The lowest BCUT2D eigenvalue weighted by Crippen LogP contribution is -2.19.